The number of hydrogen-bond donors (Lipinski definition) is 0. The molecule has 0 bridgehead atoms. The molecule has 2 heterocycles. The summed E-state index contributed by atoms with van der Waals surface area (Å²) in [7, 11) is 0. The monoisotopic (exact) mass is 819 g/mol. The van der Waals surface area contributed by atoms with Crippen molar-refractivity contribution in [3.8, 4) is 33.4 Å². The third kappa shape index (κ3) is 5.64. The zero-order chi connectivity index (χ0) is 41.4. The first-order valence-corrected chi connectivity index (χ1v) is 22.3. The lowest BCUT2D eigenvalue weighted by molar-refractivity contribution is 0.670. The van der Waals surface area contributed by atoms with Crippen molar-refractivity contribution in [3.05, 3.63) is 224 Å². The van der Waals surface area contributed by atoms with Crippen LogP contribution in [-0.4, -0.2) is 0 Å². The Hall–Kier alpha value is -7.98. The molecule has 13 rings (SSSR count). The molecule has 0 atom stereocenters. The molecular weight excluding hydrogens is 783 g/mol. The lowest BCUT2D eigenvalue weighted by Crippen LogP contribution is -2.13. The van der Waals surface area contributed by atoms with Gasteiger partial charge >= 0.3 is 0 Å². The number of anilines is 3. The van der Waals surface area contributed by atoms with E-state index in [1.54, 1.807) is 0 Å². The van der Waals surface area contributed by atoms with Gasteiger partial charge in [0.1, 0.15) is 11.2 Å². The molecule has 2 nitrogen and oxygen atoms in total. The van der Waals surface area contributed by atoms with Crippen LogP contribution in [0.2, 0.25) is 0 Å². The molecule has 0 aliphatic rings. The Morgan fingerprint density at radius 1 is 0.365 bits per heavy atom. The van der Waals surface area contributed by atoms with E-state index in [9.17, 15) is 0 Å². The summed E-state index contributed by atoms with van der Waals surface area (Å²) < 4.78 is 9.23. The minimum atomic E-state index is 0.893. The third-order valence-electron chi connectivity index (χ3n) is 12.8. The average Bonchev–Trinajstić information content (AvgIpc) is 3.93. The molecule has 11 aromatic carbocycles. The minimum Gasteiger partial charge on any atom is -0.455 e. The first-order valence-electron chi connectivity index (χ1n) is 21.5. The lowest BCUT2D eigenvalue weighted by Gasteiger charge is -2.32. The molecular formula is C60H37NOS. The first kappa shape index (κ1) is 35.7. The smallest absolute Gasteiger partial charge is 0.143 e. The Labute approximate surface area is 368 Å². The van der Waals surface area contributed by atoms with E-state index in [4.69, 9.17) is 4.42 Å². The first-order chi connectivity index (χ1) is 31.3. The number of benzene rings is 11. The molecule has 63 heavy (non-hydrogen) atoms. The van der Waals surface area contributed by atoms with Crippen LogP contribution in [0.5, 0.6) is 0 Å². The van der Waals surface area contributed by atoms with Gasteiger partial charge in [-0.05, 0) is 74.5 Å². The normalized spacial score (nSPS) is 11.8. The molecule has 0 saturated carbocycles. The summed E-state index contributed by atoms with van der Waals surface area (Å²) >= 11 is 1.87. The summed E-state index contributed by atoms with van der Waals surface area (Å²) in [5, 5.41) is 12.1. The predicted octanol–water partition coefficient (Wildman–Crippen LogP) is 17.9. The highest BCUT2D eigenvalue weighted by Crippen LogP contribution is 2.53. The second-order valence-corrected chi connectivity index (χ2v) is 17.4. The Balaban J connectivity index is 1.16. The fourth-order valence-corrected chi connectivity index (χ4v) is 11.3. The second-order valence-electron chi connectivity index (χ2n) is 16.3. The number of thiophene rings is 1. The van der Waals surface area contributed by atoms with Gasteiger partial charge in [-0.2, -0.15) is 0 Å². The van der Waals surface area contributed by atoms with Crippen LogP contribution >= 0.6 is 11.3 Å². The van der Waals surface area contributed by atoms with Crippen LogP contribution in [0.15, 0.2) is 229 Å². The summed E-state index contributed by atoms with van der Waals surface area (Å²) in [6.07, 6.45) is 0. The second kappa shape index (κ2) is 14.3. The van der Waals surface area contributed by atoms with Crippen molar-refractivity contribution in [2.24, 2.45) is 0 Å². The van der Waals surface area contributed by atoms with E-state index in [1.807, 2.05) is 17.4 Å². The van der Waals surface area contributed by atoms with Gasteiger partial charge in [-0.25, -0.2) is 0 Å². The quantitative estimate of drug-likeness (QED) is 0.155. The topological polar surface area (TPSA) is 16.4 Å². The van der Waals surface area contributed by atoms with Gasteiger partial charge < -0.3 is 9.32 Å². The maximum atomic E-state index is 6.66. The maximum Gasteiger partial charge on any atom is 0.143 e. The zero-order valence-corrected chi connectivity index (χ0v) is 34.9. The van der Waals surface area contributed by atoms with Gasteiger partial charge in [0.25, 0.3) is 0 Å². The molecule has 3 heteroatoms. The van der Waals surface area contributed by atoms with E-state index in [0.717, 1.165) is 50.1 Å². The zero-order valence-electron chi connectivity index (χ0n) is 34.1. The summed E-state index contributed by atoms with van der Waals surface area (Å²) in [4.78, 5) is 2.54. The molecule has 0 aliphatic heterocycles. The van der Waals surface area contributed by atoms with E-state index in [2.05, 4.69) is 223 Å². The van der Waals surface area contributed by atoms with Crippen LogP contribution < -0.4 is 4.90 Å². The Morgan fingerprint density at radius 3 is 1.86 bits per heavy atom. The van der Waals surface area contributed by atoms with E-state index in [0.29, 0.717) is 0 Å². The molecule has 0 N–H and O–H groups in total. The maximum absolute atomic E-state index is 6.66. The Morgan fingerprint density at radius 2 is 0.984 bits per heavy atom. The van der Waals surface area contributed by atoms with Crippen LogP contribution in [0.4, 0.5) is 17.1 Å². The van der Waals surface area contributed by atoms with Crippen LogP contribution in [0.1, 0.15) is 0 Å². The van der Waals surface area contributed by atoms with Crippen molar-refractivity contribution in [1.29, 1.82) is 0 Å². The molecule has 0 spiro atoms. The predicted molar refractivity (Wildman–Crippen MR) is 270 cm³/mol. The van der Waals surface area contributed by atoms with E-state index >= 15 is 0 Å². The van der Waals surface area contributed by atoms with Crippen molar-refractivity contribution in [2.75, 3.05) is 4.90 Å². The van der Waals surface area contributed by atoms with E-state index in [-0.39, 0.29) is 0 Å². The highest BCUT2D eigenvalue weighted by molar-refractivity contribution is 7.26. The van der Waals surface area contributed by atoms with Gasteiger partial charge in [0.05, 0.1) is 11.4 Å². The number of hydrogen-bond acceptors (Lipinski definition) is 3. The third-order valence-corrected chi connectivity index (χ3v) is 14.0. The van der Waals surface area contributed by atoms with Crippen LogP contribution in [0.25, 0.3) is 108 Å². The van der Waals surface area contributed by atoms with Crippen molar-refractivity contribution < 1.29 is 4.42 Å². The standard InChI is InChI=1S/C60H37NOS/c1-2-17-39-36-41(35-34-38(39)16-1)57-49-25-5-3-20-44(49)45-21-4-6-26-50(45)58(57)61(42-19-13-18-40(37-42)43-27-14-28-51-47-23-8-11-32-55(47)62-59(43)51)54-31-10-7-22-46(54)52-29-15-30-53-48-24-9-12-33-56(48)63-60(52)53/h1-37H. The van der Waals surface area contributed by atoms with Crippen LogP contribution in [0.3, 0.4) is 0 Å². The van der Waals surface area contributed by atoms with Crippen LogP contribution in [-0.2, 0) is 0 Å². The van der Waals surface area contributed by atoms with Crippen molar-refractivity contribution in [3.63, 3.8) is 0 Å². The number of furan rings is 1. The number of nitrogens with zero attached hydrogens (tertiary/aromatic N) is 1. The molecule has 13 aromatic rings. The fraction of sp³-hybridized carbons (Fsp3) is 0. The number of fused-ring (bicyclic) bond motifs is 10. The summed E-state index contributed by atoms with van der Waals surface area (Å²) in [6.45, 7) is 0. The average molecular weight is 820 g/mol. The molecule has 0 aliphatic carbocycles. The van der Waals surface area contributed by atoms with Gasteiger partial charge in [-0.15, -0.1) is 11.3 Å². The molecule has 0 saturated heterocycles. The van der Waals surface area contributed by atoms with Gasteiger partial charge in [0, 0.05) is 64.3 Å². The van der Waals surface area contributed by atoms with Crippen molar-refractivity contribution >= 4 is 103 Å². The largest absolute Gasteiger partial charge is 0.455 e. The summed E-state index contributed by atoms with van der Waals surface area (Å²) in [5.41, 5.74) is 12.0. The van der Waals surface area contributed by atoms with Gasteiger partial charge in [-0.1, -0.05) is 188 Å². The molecule has 294 valence electrons. The number of para-hydroxylation sites is 3. The SMILES string of the molecule is c1cc(-c2cccc3c2oc2ccccc23)cc(N(c2ccccc2-c2cccc3c2sc2ccccc23)c2c(-c3ccc4ccccc4c3)c3ccccc3c3ccccc23)c1. The molecule has 0 unspecified atom stereocenters. The highest BCUT2D eigenvalue weighted by atomic mass is 32.1. The molecule has 2 aromatic heterocycles. The Bertz CT molecular complexity index is 3950. The number of rotatable bonds is 6. The van der Waals surface area contributed by atoms with Gasteiger partial charge in [0.2, 0.25) is 0 Å². The summed E-state index contributed by atoms with van der Waals surface area (Å²) in [6, 6.07) is 82.0. The minimum absolute atomic E-state index is 0.893. The Kier molecular flexibility index (Phi) is 8.12. The van der Waals surface area contributed by atoms with Crippen molar-refractivity contribution in [2.45, 2.75) is 0 Å². The van der Waals surface area contributed by atoms with Crippen molar-refractivity contribution in [1.82, 2.24) is 0 Å². The van der Waals surface area contributed by atoms with Crippen LogP contribution in [0, 0.1) is 0 Å². The van der Waals surface area contributed by atoms with E-state index in [1.165, 1.54) is 74.7 Å². The summed E-state index contributed by atoms with van der Waals surface area (Å²) in [5.74, 6) is 0. The molecule has 0 radical (unpaired) electrons. The molecule has 0 amide bonds. The fourth-order valence-electron chi connectivity index (χ4n) is 10.0. The van der Waals surface area contributed by atoms with Gasteiger partial charge in [-0.3, -0.25) is 0 Å². The lowest BCUT2D eigenvalue weighted by atomic mass is 9.88. The highest BCUT2D eigenvalue weighted by Gasteiger charge is 2.27. The molecule has 0 fully saturated rings. The van der Waals surface area contributed by atoms with Gasteiger partial charge in [0.15, 0.2) is 0 Å². The van der Waals surface area contributed by atoms with E-state index < -0.39 is 0 Å².